The van der Waals surface area contributed by atoms with Crippen molar-refractivity contribution < 1.29 is 67.3 Å². The fourth-order valence-electron chi connectivity index (χ4n) is 8.50. The smallest absolute Gasteiger partial charge is 0.414 e. The van der Waals surface area contributed by atoms with Crippen LogP contribution in [0.4, 0.5) is 0 Å². The van der Waals surface area contributed by atoms with Crippen molar-refractivity contribution in [2.24, 2.45) is 11.5 Å². The minimum absolute atomic E-state index is 0.272. The van der Waals surface area contributed by atoms with Gasteiger partial charge in [-0.3, -0.25) is 9.59 Å². The van der Waals surface area contributed by atoms with Gasteiger partial charge in [-0.05, 0) is 120 Å². The van der Waals surface area contributed by atoms with Crippen molar-refractivity contribution in [2.45, 2.75) is 62.4 Å². The molecule has 2 heterocycles. The fraction of sp³-hybridized carbons (Fsp3) is 0.417. The number of carboxylic acid groups (broad SMARTS) is 2. The molecule has 2 aliphatic heterocycles. The van der Waals surface area contributed by atoms with Gasteiger partial charge in [0.15, 0.2) is 46.0 Å². The van der Waals surface area contributed by atoms with Gasteiger partial charge in [0.1, 0.15) is 0 Å². The predicted octanol–water partition coefficient (Wildman–Crippen LogP) is 4.30. The molecule has 4 aromatic rings. The van der Waals surface area contributed by atoms with Crippen molar-refractivity contribution in [3.8, 4) is 46.0 Å². The number of benzene rings is 4. The van der Waals surface area contributed by atoms with E-state index in [0.29, 0.717) is 71.7 Å². The molecule has 0 unspecified atom stereocenters. The first-order valence-corrected chi connectivity index (χ1v) is 21.0. The lowest BCUT2D eigenvalue weighted by Gasteiger charge is -2.41. The number of primary amides is 2. The Bertz CT molecular complexity index is 2180. The molecule has 0 saturated carbocycles. The van der Waals surface area contributed by atoms with Crippen LogP contribution in [0.2, 0.25) is 0 Å². The van der Waals surface area contributed by atoms with Crippen LogP contribution in [0.5, 0.6) is 46.0 Å². The quantitative estimate of drug-likeness (QED) is 0.0761. The van der Waals surface area contributed by atoms with E-state index in [0.717, 1.165) is 48.2 Å². The van der Waals surface area contributed by atoms with E-state index in [1.165, 1.54) is 11.1 Å². The minimum atomic E-state index is -1.82. The van der Waals surface area contributed by atoms with E-state index in [1.807, 2.05) is 60.7 Å². The maximum atomic E-state index is 11.7. The number of carboxylic acids is 2. The standard InChI is InChI=1S/2C23H30N2O5.C2H2O4/c2*1-27-18-6-5-15(11-19(18)28-2)14-23(9-7-22(24)26)17-13-21(30-4)20(29-3)12-16(17)8-10-25-23;3-1(4)2(5)6/h2*5-6,11-13,25H,7-10,14H2,1-4H3,(H2,24,26);(H,3,4)(H,5,6)/t2*23-;/m11./s1. The monoisotopic (exact) mass is 918 g/mol. The van der Waals surface area contributed by atoms with Gasteiger partial charge in [0.2, 0.25) is 11.8 Å². The highest BCUT2D eigenvalue weighted by Crippen LogP contribution is 2.44. The van der Waals surface area contributed by atoms with E-state index < -0.39 is 23.0 Å². The molecule has 0 spiro atoms. The lowest BCUT2D eigenvalue weighted by molar-refractivity contribution is -0.159. The number of carbonyl (C=O) groups is 4. The molecule has 0 bridgehead atoms. The summed E-state index contributed by atoms with van der Waals surface area (Å²) in [4.78, 5) is 41.5. The minimum Gasteiger partial charge on any atom is -0.493 e. The molecule has 18 nitrogen and oxygen atoms in total. The van der Waals surface area contributed by atoms with E-state index in [1.54, 1.807) is 56.9 Å². The van der Waals surface area contributed by atoms with Crippen LogP contribution in [0, 0.1) is 0 Å². The number of ether oxygens (including phenoxy) is 8. The molecular formula is C48H62N4O14. The summed E-state index contributed by atoms with van der Waals surface area (Å²) >= 11 is 0. The molecule has 4 aromatic carbocycles. The number of aliphatic carboxylic acids is 2. The van der Waals surface area contributed by atoms with Crippen molar-refractivity contribution in [1.82, 2.24) is 10.6 Å². The maximum absolute atomic E-state index is 11.7. The second-order valence-corrected chi connectivity index (χ2v) is 15.5. The lowest BCUT2D eigenvalue weighted by atomic mass is 9.75. The van der Waals surface area contributed by atoms with Crippen molar-refractivity contribution in [3.63, 3.8) is 0 Å². The third-order valence-corrected chi connectivity index (χ3v) is 11.7. The van der Waals surface area contributed by atoms with Crippen LogP contribution in [-0.4, -0.2) is 104 Å². The van der Waals surface area contributed by atoms with Crippen molar-refractivity contribution in [3.05, 3.63) is 94.0 Å². The molecule has 0 fully saturated rings. The molecule has 2 aliphatic rings. The average molecular weight is 919 g/mol. The van der Waals surface area contributed by atoms with Gasteiger partial charge in [-0.1, -0.05) is 12.1 Å². The molecule has 6 rings (SSSR count). The Labute approximate surface area is 384 Å². The van der Waals surface area contributed by atoms with Crippen LogP contribution in [0.15, 0.2) is 60.7 Å². The highest BCUT2D eigenvalue weighted by atomic mass is 16.5. The third-order valence-electron chi connectivity index (χ3n) is 11.7. The van der Waals surface area contributed by atoms with Crippen molar-refractivity contribution in [2.75, 3.05) is 70.0 Å². The summed E-state index contributed by atoms with van der Waals surface area (Å²) in [7, 11) is 13.0. The number of hydrogen-bond donors (Lipinski definition) is 6. The van der Waals surface area contributed by atoms with Gasteiger partial charge in [-0.25, -0.2) is 9.59 Å². The van der Waals surface area contributed by atoms with E-state index in [-0.39, 0.29) is 24.7 Å². The average Bonchev–Trinajstić information content (AvgIpc) is 3.32. The van der Waals surface area contributed by atoms with Crippen LogP contribution in [0.3, 0.4) is 0 Å². The van der Waals surface area contributed by atoms with Gasteiger partial charge in [-0.15, -0.1) is 0 Å². The SMILES string of the molecule is COc1ccc(C[C@@]2(CCC(N)=O)NCCc3cc(OC)c(OC)cc32)cc1OC.COc1ccc(C[C@@]2(CCC(N)=O)NCCc3cc(OC)c(OC)cc32)cc1OC.O=C(O)C(=O)O. The Kier molecular flexibility index (Phi) is 18.7. The molecule has 0 saturated heterocycles. The van der Waals surface area contributed by atoms with Gasteiger partial charge < -0.3 is 70.2 Å². The Morgan fingerprint density at radius 3 is 1.08 bits per heavy atom. The normalized spacial score (nSPS) is 16.8. The van der Waals surface area contributed by atoms with Gasteiger partial charge in [0.05, 0.1) is 56.9 Å². The summed E-state index contributed by atoms with van der Waals surface area (Å²) < 4.78 is 43.8. The third kappa shape index (κ3) is 12.7. The van der Waals surface area contributed by atoms with Crippen LogP contribution in [0.25, 0.3) is 0 Å². The van der Waals surface area contributed by atoms with E-state index in [2.05, 4.69) is 10.6 Å². The molecule has 0 radical (unpaired) electrons. The number of nitrogens with one attached hydrogen (secondary N) is 2. The molecule has 18 heteroatoms. The molecule has 66 heavy (non-hydrogen) atoms. The van der Waals surface area contributed by atoms with Crippen LogP contribution in [0.1, 0.15) is 59.1 Å². The molecule has 2 amide bonds. The van der Waals surface area contributed by atoms with Gasteiger partial charge in [-0.2, -0.15) is 0 Å². The Morgan fingerprint density at radius 1 is 0.485 bits per heavy atom. The Morgan fingerprint density at radius 2 is 0.788 bits per heavy atom. The Hall–Kier alpha value is -6.92. The Balaban J connectivity index is 0.000000257. The number of amides is 2. The summed E-state index contributed by atoms with van der Waals surface area (Å²) in [6, 6.07) is 19.9. The van der Waals surface area contributed by atoms with Crippen LogP contribution >= 0.6 is 0 Å². The summed E-state index contributed by atoms with van der Waals surface area (Å²) in [5, 5.41) is 22.1. The van der Waals surface area contributed by atoms with Crippen LogP contribution < -0.4 is 60.0 Å². The highest BCUT2D eigenvalue weighted by molar-refractivity contribution is 6.27. The van der Waals surface area contributed by atoms with Crippen molar-refractivity contribution >= 4 is 23.8 Å². The molecule has 2 atom stereocenters. The fourth-order valence-corrected chi connectivity index (χ4v) is 8.50. The van der Waals surface area contributed by atoms with Gasteiger partial charge in [0, 0.05) is 37.0 Å². The zero-order valence-electron chi connectivity index (χ0n) is 38.8. The van der Waals surface area contributed by atoms with Gasteiger partial charge >= 0.3 is 11.9 Å². The van der Waals surface area contributed by atoms with E-state index in [4.69, 9.17) is 69.2 Å². The second-order valence-electron chi connectivity index (χ2n) is 15.5. The number of carbonyl (C=O) groups excluding carboxylic acids is 2. The van der Waals surface area contributed by atoms with E-state index in [9.17, 15) is 9.59 Å². The summed E-state index contributed by atoms with van der Waals surface area (Å²) in [5.41, 5.74) is 16.8. The zero-order valence-corrected chi connectivity index (χ0v) is 38.8. The van der Waals surface area contributed by atoms with Gasteiger partial charge in [0.25, 0.3) is 0 Å². The number of nitrogens with two attached hydrogens (primary N) is 2. The highest BCUT2D eigenvalue weighted by Gasteiger charge is 2.39. The first-order chi connectivity index (χ1) is 31.6. The predicted molar refractivity (Wildman–Crippen MR) is 244 cm³/mol. The second kappa shape index (κ2) is 23.8. The molecular weight excluding hydrogens is 857 g/mol. The van der Waals surface area contributed by atoms with E-state index >= 15 is 0 Å². The zero-order chi connectivity index (χ0) is 48.6. The molecule has 0 aromatic heterocycles. The molecule has 358 valence electrons. The van der Waals surface area contributed by atoms with Crippen LogP contribution in [-0.2, 0) is 55.9 Å². The summed E-state index contributed by atoms with van der Waals surface area (Å²) in [6.45, 7) is 1.57. The topological polar surface area (TPSA) is 259 Å². The first-order valence-electron chi connectivity index (χ1n) is 21.0. The maximum Gasteiger partial charge on any atom is 0.414 e. The van der Waals surface area contributed by atoms with Crippen molar-refractivity contribution in [1.29, 1.82) is 0 Å². The lowest BCUT2D eigenvalue weighted by Crippen LogP contribution is -2.49. The largest absolute Gasteiger partial charge is 0.493 e. The first kappa shape index (κ1) is 51.7. The summed E-state index contributed by atoms with van der Waals surface area (Å²) in [6.07, 6.45) is 4.71. The number of rotatable bonds is 18. The molecule has 8 N–H and O–H groups in total. The summed E-state index contributed by atoms with van der Waals surface area (Å²) in [5.74, 6) is 1.13. The number of hydrogen-bond acceptors (Lipinski definition) is 14. The molecule has 0 aliphatic carbocycles. The number of fused-ring (bicyclic) bond motifs is 2. The number of methoxy groups -OCH3 is 8.